The first-order chi connectivity index (χ1) is 20.6. The number of hydrogen-bond acceptors (Lipinski definition) is 10. The number of thioether (sulfide) groups is 3. The molecular formula is C31H57N3O7S3. The Morgan fingerprint density at radius 3 is 1.16 bits per heavy atom. The molecule has 10 nitrogen and oxygen atoms in total. The molecular weight excluding hydrogens is 623 g/mol. The number of ether oxygens (including phenoxy) is 1. The topological polar surface area (TPSA) is 121 Å². The van der Waals surface area contributed by atoms with Gasteiger partial charge in [-0.2, -0.15) is 35.3 Å². The normalized spacial score (nSPS) is 20.6. The highest BCUT2D eigenvalue weighted by molar-refractivity contribution is 7.98. The highest BCUT2D eigenvalue weighted by atomic mass is 32.2. The fourth-order valence-electron chi connectivity index (χ4n) is 3.40. The summed E-state index contributed by atoms with van der Waals surface area (Å²) < 4.78 is 5.20. The van der Waals surface area contributed by atoms with E-state index in [-0.39, 0.29) is 53.2 Å². The summed E-state index contributed by atoms with van der Waals surface area (Å²) in [5, 5.41) is 0. The average molecular weight is 680 g/mol. The van der Waals surface area contributed by atoms with Crippen LogP contribution in [0.2, 0.25) is 0 Å². The summed E-state index contributed by atoms with van der Waals surface area (Å²) in [7, 11) is 4.57. The van der Waals surface area contributed by atoms with Gasteiger partial charge in [-0.1, -0.05) is 39.8 Å². The molecule has 0 aromatic rings. The van der Waals surface area contributed by atoms with E-state index in [2.05, 4.69) is 31.6 Å². The first-order valence-corrected chi connectivity index (χ1v) is 19.0. The summed E-state index contributed by atoms with van der Waals surface area (Å²) in [5.74, 6) is 1.64. The van der Waals surface area contributed by atoms with Crippen LogP contribution in [0.25, 0.3) is 0 Å². The molecule has 0 radical (unpaired) electrons. The average Bonchev–Trinajstić information content (AvgIpc) is 3.46. The molecule has 0 aromatic carbocycles. The van der Waals surface area contributed by atoms with Crippen LogP contribution in [0, 0.1) is 17.8 Å². The molecule has 44 heavy (non-hydrogen) atoms. The van der Waals surface area contributed by atoms with Crippen molar-refractivity contribution in [3.63, 3.8) is 0 Å². The fraction of sp³-hybridized carbons (Fsp3) is 0.742. The summed E-state index contributed by atoms with van der Waals surface area (Å²) in [6.45, 7) is 11.3. The van der Waals surface area contributed by atoms with Gasteiger partial charge in [0.2, 0.25) is 35.4 Å². The van der Waals surface area contributed by atoms with E-state index in [4.69, 9.17) is 4.74 Å². The van der Waals surface area contributed by atoms with Crippen LogP contribution in [0.15, 0.2) is 12.2 Å². The number of carbonyl (C=O) groups is 6. The number of amides is 6. The SMILES string of the molecule is CC1CC(=O)N(C)C1=O.CC1CC(=O)N(C)C1=O.CC1CC(=O)N(C)C1=O.CC=CCSC.CCCOCCSC.CSC. The Morgan fingerprint density at radius 2 is 1.02 bits per heavy atom. The maximum absolute atomic E-state index is 10.8. The molecule has 0 aromatic heterocycles. The molecule has 0 saturated carbocycles. The third kappa shape index (κ3) is 21.0. The number of imide groups is 3. The summed E-state index contributed by atoms with van der Waals surface area (Å²) >= 11 is 5.42. The Balaban J connectivity index is -0.000000470. The molecule has 0 bridgehead atoms. The van der Waals surface area contributed by atoms with Crippen LogP contribution in [0.5, 0.6) is 0 Å². The first kappa shape index (κ1) is 46.6. The van der Waals surface area contributed by atoms with E-state index in [9.17, 15) is 28.8 Å². The molecule has 3 heterocycles. The Bertz CT molecular complexity index is 806. The molecule has 3 unspecified atom stereocenters. The van der Waals surface area contributed by atoms with Crippen molar-refractivity contribution in [2.24, 2.45) is 17.8 Å². The summed E-state index contributed by atoms with van der Waals surface area (Å²) in [6, 6.07) is 0. The first-order valence-electron chi connectivity index (χ1n) is 14.6. The molecule has 3 rings (SSSR count). The molecule has 3 saturated heterocycles. The van der Waals surface area contributed by atoms with Crippen LogP contribution in [-0.4, -0.2) is 121 Å². The quantitative estimate of drug-likeness (QED) is 0.212. The van der Waals surface area contributed by atoms with Crippen molar-refractivity contribution in [1.82, 2.24) is 14.7 Å². The zero-order valence-corrected chi connectivity index (χ0v) is 31.4. The number of allylic oxidation sites excluding steroid dienone is 1. The van der Waals surface area contributed by atoms with Gasteiger partial charge in [-0.25, -0.2) is 0 Å². The lowest BCUT2D eigenvalue weighted by atomic mass is 10.1. The molecule has 6 amide bonds. The molecule has 0 N–H and O–H groups in total. The summed E-state index contributed by atoms with van der Waals surface area (Å²) in [5.41, 5.74) is 0. The van der Waals surface area contributed by atoms with Crippen molar-refractivity contribution in [3.8, 4) is 0 Å². The monoisotopic (exact) mass is 679 g/mol. The van der Waals surface area contributed by atoms with Gasteiger partial charge in [0.05, 0.1) is 6.61 Å². The van der Waals surface area contributed by atoms with E-state index in [0.29, 0.717) is 19.3 Å². The van der Waals surface area contributed by atoms with Crippen LogP contribution < -0.4 is 0 Å². The number of carbonyl (C=O) groups excluding carboxylic acids is 6. The fourth-order valence-corrected chi connectivity index (χ4v) is 4.07. The van der Waals surface area contributed by atoms with Gasteiger partial charge in [0, 0.05) is 76.3 Å². The second kappa shape index (κ2) is 28.6. The van der Waals surface area contributed by atoms with E-state index < -0.39 is 0 Å². The molecule has 3 aliphatic rings. The molecule has 0 spiro atoms. The van der Waals surface area contributed by atoms with E-state index >= 15 is 0 Å². The van der Waals surface area contributed by atoms with Gasteiger partial charge in [0.15, 0.2) is 0 Å². The number of hydrogen-bond donors (Lipinski definition) is 0. The standard InChI is InChI=1S/3C6H9NO2.C6H14OS.C5H10S.C2H6S/c3*1-4-3-5(8)7(2)6(4)9;1-3-4-7-5-6-8-2;1-3-4-5-6-2;1-3-2/h3*4H,3H2,1-2H3;3-6H2,1-2H3;3-4H,5H2,1-2H3;1-2H3. The maximum Gasteiger partial charge on any atom is 0.232 e. The second-order valence-electron chi connectivity index (χ2n) is 10.2. The summed E-state index contributed by atoms with van der Waals surface area (Å²) in [4.78, 5) is 68.1. The van der Waals surface area contributed by atoms with Crippen molar-refractivity contribution in [2.75, 3.05) is 70.9 Å². The third-order valence-electron chi connectivity index (χ3n) is 6.10. The lowest BCUT2D eigenvalue weighted by molar-refractivity contribution is -0.139. The minimum atomic E-state index is -0.0949. The number of likely N-dealkylation sites (tertiary alicyclic amines) is 3. The van der Waals surface area contributed by atoms with E-state index in [0.717, 1.165) is 31.1 Å². The van der Waals surface area contributed by atoms with Crippen LogP contribution >= 0.6 is 35.3 Å². The van der Waals surface area contributed by atoms with Crippen molar-refractivity contribution in [2.45, 2.75) is 60.3 Å². The minimum absolute atomic E-state index is 0.0556. The predicted molar refractivity (Wildman–Crippen MR) is 187 cm³/mol. The van der Waals surface area contributed by atoms with Crippen LogP contribution in [-0.2, 0) is 33.5 Å². The van der Waals surface area contributed by atoms with Gasteiger partial charge in [-0.15, -0.1) is 0 Å². The molecule has 3 atom stereocenters. The Morgan fingerprint density at radius 1 is 0.682 bits per heavy atom. The van der Waals surface area contributed by atoms with Crippen LogP contribution in [0.3, 0.4) is 0 Å². The Labute approximate surface area is 279 Å². The maximum atomic E-state index is 10.8. The van der Waals surface area contributed by atoms with Crippen LogP contribution in [0.4, 0.5) is 0 Å². The lowest BCUT2D eigenvalue weighted by Gasteiger charge is -2.03. The van der Waals surface area contributed by atoms with Crippen LogP contribution in [0.1, 0.15) is 60.3 Å². The van der Waals surface area contributed by atoms with Crippen molar-refractivity contribution >= 4 is 70.7 Å². The highest BCUT2D eigenvalue weighted by Crippen LogP contribution is 2.17. The highest BCUT2D eigenvalue weighted by Gasteiger charge is 2.33. The Hall–Kier alpha value is -1.83. The smallest absolute Gasteiger partial charge is 0.232 e. The van der Waals surface area contributed by atoms with Gasteiger partial charge >= 0.3 is 0 Å². The van der Waals surface area contributed by atoms with Gasteiger partial charge in [-0.05, 0) is 38.4 Å². The summed E-state index contributed by atoms with van der Waals surface area (Å²) in [6.07, 6.45) is 14.8. The molecule has 13 heteroatoms. The second-order valence-corrected chi connectivity index (χ2v) is 12.9. The third-order valence-corrected chi connectivity index (χ3v) is 7.20. The van der Waals surface area contributed by atoms with Gasteiger partial charge in [-0.3, -0.25) is 43.5 Å². The zero-order valence-electron chi connectivity index (χ0n) is 29.0. The van der Waals surface area contributed by atoms with Gasteiger partial charge in [0.1, 0.15) is 0 Å². The molecule has 3 fully saturated rings. The van der Waals surface area contributed by atoms with E-state index in [1.807, 2.05) is 43.0 Å². The van der Waals surface area contributed by atoms with E-state index in [1.165, 1.54) is 35.8 Å². The van der Waals surface area contributed by atoms with Gasteiger partial charge < -0.3 is 4.74 Å². The van der Waals surface area contributed by atoms with Crippen molar-refractivity contribution in [1.29, 1.82) is 0 Å². The predicted octanol–water partition coefficient (Wildman–Crippen LogP) is 4.71. The number of rotatable bonds is 7. The Kier molecular flexibility index (Phi) is 30.3. The van der Waals surface area contributed by atoms with Crippen molar-refractivity contribution < 1.29 is 33.5 Å². The van der Waals surface area contributed by atoms with Gasteiger partial charge in [0.25, 0.3) is 0 Å². The minimum Gasteiger partial charge on any atom is -0.381 e. The zero-order chi connectivity index (χ0) is 34.8. The molecule has 256 valence electrons. The lowest BCUT2D eigenvalue weighted by Crippen LogP contribution is -2.24. The largest absolute Gasteiger partial charge is 0.381 e. The molecule has 3 aliphatic heterocycles. The number of nitrogens with zero attached hydrogens (tertiary/aromatic N) is 3. The van der Waals surface area contributed by atoms with E-state index in [1.54, 1.807) is 32.5 Å². The molecule has 0 aliphatic carbocycles. The van der Waals surface area contributed by atoms with Crippen molar-refractivity contribution in [3.05, 3.63) is 12.2 Å².